The van der Waals surface area contributed by atoms with Crippen molar-refractivity contribution in [3.8, 4) is 11.4 Å². The van der Waals surface area contributed by atoms with Crippen LogP contribution in [0.5, 0.6) is 0 Å². The van der Waals surface area contributed by atoms with E-state index < -0.39 is 11.3 Å². The van der Waals surface area contributed by atoms with E-state index in [2.05, 4.69) is 31.8 Å². The number of alkyl halides is 3. The third-order valence-electron chi connectivity index (χ3n) is 4.13. The lowest BCUT2D eigenvalue weighted by Gasteiger charge is -2.14. The molecule has 1 aliphatic rings. The molecule has 1 saturated heterocycles. The third-order valence-corrected chi connectivity index (χ3v) is 4.29. The molecule has 2 heterocycles. The van der Waals surface area contributed by atoms with Gasteiger partial charge in [-0.05, 0) is 36.7 Å². The van der Waals surface area contributed by atoms with Gasteiger partial charge in [0.15, 0.2) is 0 Å². The highest BCUT2D eigenvalue weighted by atomic mass is 35.5. The van der Waals surface area contributed by atoms with Crippen molar-refractivity contribution in [3.63, 3.8) is 0 Å². The number of likely N-dealkylation sites (tertiary alicyclic amines) is 1. The second-order valence-electron chi connectivity index (χ2n) is 5.85. The van der Waals surface area contributed by atoms with Crippen LogP contribution in [0.3, 0.4) is 0 Å². The molecule has 1 amide bonds. The summed E-state index contributed by atoms with van der Waals surface area (Å²) in [5.74, 6) is -1.15. The van der Waals surface area contributed by atoms with Crippen LogP contribution in [0.15, 0.2) is 28.8 Å². The first-order valence-electron chi connectivity index (χ1n) is 7.91. The van der Waals surface area contributed by atoms with Crippen molar-refractivity contribution in [1.82, 2.24) is 20.4 Å². The Morgan fingerprint density at radius 2 is 2.16 bits per heavy atom. The lowest BCUT2D eigenvalue weighted by atomic mass is 10.1. The van der Waals surface area contributed by atoms with Crippen LogP contribution in [0.4, 0.5) is 8.78 Å². The van der Waals surface area contributed by atoms with E-state index in [0.717, 1.165) is 26.1 Å². The molecule has 0 aliphatic carbocycles. The predicted octanol–water partition coefficient (Wildman–Crippen LogP) is 2.85. The fourth-order valence-corrected chi connectivity index (χ4v) is 2.81. The van der Waals surface area contributed by atoms with Crippen molar-refractivity contribution >= 4 is 17.5 Å². The molecule has 1 aromatic heterocycles. The second kappa shape index (κ2) is 7.05. The van der Waals surface area contributed by atoms with E-state index in [1.807, 2.05) is 0 Å². The van der Waals surface area contributed by atoms with Crippen LogP contribution >= 0.6 is 11.6 Å². The van der Waals surface area contributed by atoms with Crippen molar-refractivity contribution in [2.45, 2.75) is 24.8 Å². The zero-order chi connectivity index (χ0) is 18.0. The summed E-state index contributed by atoms with van der Waals surface area (Å²) in [5.41, 5.74) is 0.926. The Morgan fingerprint density at radius 1 is 1.44 bits per heavy atom. The summed E-state index contributed by atoms with van der Waals surface area (Å²) in [4.78, 5) is 18.1. The molecule has 0 bridgehead atoms. The fraction of sp³-hybridized carbons (Fsp3) is 0.438. The van der Waals surface area contributed by atoms with E-state index in [9.17, 15) is 13.6 Å². The molecule has 1 aliphatic heterocycles. The quantitative estimate of drug-likeness (QED) is 0.819. The van der Waals surface area contributed by atoms with E-state index in [1.165, 1.54) is 0 Å². The average Bonchev–Trinajstić information content (AvgIpc) is 3.24. The molecule has 25 heavy (non-hydrogen) atoms. The van der Waals surface area contributed by atoms with Gasteiger partial charge in [-0.3, -0.25) is 4.79 Å². The standard InChI is InChI=1S/C16H17ClF2N4O2/c1-2-23-8-7-12(9-23)20-14(24)11-5-3-10(4-6-11)13-21-15(25-22-13)16(17,18)19/h3-6,12H,2,7-9H2,1H3,(H,20,24). The number of amides is 1. The zero-order valence-electron chi connectivity index (χ0n) is 13.5. The molecule has 3 rings (SSSR count). The van der Waals surface area contributed by atoms with Crippen LogP contribution in [0, 0.1) is 0 Å². The summed E-state index contributed by atoms with van der Waals surface area (Å²) in [6, 6.07) is 6.46. The van der Waals surface area contributed by atoms with Gasteiger partial charge in [-0.25, -0.2) is 0 Å². The number of carbonyl (C=O) groups is 1. The topological polar surface area (TPSA) is 71.3 Å². The first kappa shape index (κ1) is 17.8. The number of benzene rings is 1. The first-order valence-corrected chi connectivity index (χ1v) is 8.29. The first-order chi connectivity index (χ1) is 11.9. The molecule has 1 atom stereocenters. The van der Waals surface area contributed by atoms with E-state index in [4.69, 9.17) is 11.6 Å². The summed E-state index contributed by atoms with van der Waals surface area (Å²) in [6.45, 7) is 4.88. The molecular formula is C16H17ClF2N4O2. The number of likely N-dealkylation sites (N-methyl/N-ethyl adjacent to an activating group) is 1. The lowest BCUT2D eigenvalue weighted by Crippen LogP contribution is -2.37. The molecule has 0 saturated carbocycles. The smallest absolute Gasteiger partial charge is 0.348 e. The number of aromatic nitrogens is 2. The minimum Gasteiger partial charge on any atom is -0.348 e. The van der Waals surface area contributed by atoms with Crippen molar-refractivity contribution in [1.29, 1.82) is 0 Å². The fourth-order valence-electron chi connectivity index (χ4n) is 2.73. The van der Waals surface area contributed by atoms with E-state index in [0.29, 0.717) is 11.1 Å². The molecule has 0 radical (unpaired) electrons. The summed E-state index contributed by atoms with van der Waals surface area (Å²) >= 11 is 4.84. The largest absolute Gasteiger partial charge is 0.400 e. The molecule has 9 heteroatoms. The van der Waals surface area contributed by atoms with Gasteiger partial charge in [0.2, 0.25) is 5.82 Å². The zero-order valence-corrected chi connectivity index (χ0v) is 14.3. The van der Waals surface area contributed by atoms with Gasteiger partial charge in [0.05, 0.1) is 0 Å². The minimum atomic E-state index is -3.71. The van der Waals surface area contributed by atoms with Gasteiger partial charge in [0, 0.05) is 30.3 Å². The van der Waals surface area contributed by atoms with Crippen LogP contribution < -0.4 is 5.32 Å². The molecule has 0 spiro atoms. The molecule has 1 fully saturated rings. The van der Waals surface area contributed by atoms with E-state index in [1.54, 1.807) is 24.3 Å². The van der Waals surface area contributed by atoms with E-state index >= 15 is 0 Å². The predicted molar refractivity (Wildman–Crippen MR) is 87.5 cm³/mol. The number of carbonyl (C=O) groups excluding carboxylic acids is 1. The SMILES string of the molecule is CCN1CCC(NC(=O)c2ccc(-c3noc(C(F)(F)Cl)n3)cc2)C1. The van der Waals surface area contributed by atoms with Gasteiger partial charge in [-0.2, -0.15) is 13.8 Å². The highest BCUT2D eigenvalue weighted by Crippen LogP contribution is 2.32. The highest BCUT2D eigenvalue weighted by Gasteiger charge is 2.35. The van der Waals surface area contributed by atoms with Gasteiger partial charge in [-0.1, -0.05) is 24.2 Å². The maximum Gasteiger partial charge on any atom is 0.400 e. The van der Waals surface area contributed by atoms with Crippen LogP contribution in [0.25, 0.3) is 11.4 Å². The Labute approximate surface area is 148 Å². The monoisotopic (exact) mass is 370 g/mol. The van der Waals surface area contributed by atoms with Gasteiger partial charge < -0.3 is 14.7 Å². The highest BCUT2D eigenvalue weighted by molar-refractivity contribution is 6.21. The maximum atomic E-state index is 12.9. The summed E-state index contributed by atoms with van der Waals surface area (Å²) < 4.78 is 30.3. The minimum absolute atomic E-state index is 0.0170. The number of nitrogens with one attached hydrogen (secondary N) is 1. The van der Waals surface area contributed by atoms with Gasteiger partial charge in [0.25, 0.3) is 5.91 Å². The van der Waals surface area contributed by atoms with Crippen LogP contribution in [-0.4, -0.2) is 46.6 Å². The van der Waals surface area contributed by atoms with Crippen molar-refractivity contribution in [2.75, 3.05) is 19.6 Å². The average molecular weight is 371 g/mol. The number of hydrogen-bond acceptors (Lipinski definition) is 5. The van der Waals surface area contributed by atoms with Crippen LogP contribution in [0.2, 0.25) is 0 Å². The van der Waals surface area contributed by atoms with Gasteiger partial charge >= 0.3 is 11.3 Å². The summed E-state index contributed by atoms with van der Waals surface area (Å²) in [5, 5.41) is 2.76. The number of hydrogen-bond donors (Lipinski definition) is 1. The Hall–Kier alpha value is -2.06. The number of halogens is 3. The molecular weight excluding hydrogens is 354 g/mol. The Kier molecular flexibility index (Phi) is 5.01. The second-order valence-corrected chi connectivity index (χ2v) is 6.33. The normalized spacial score (nSPS) is 18.5. The molecule has 6 nitrogen and oxygen atoms in total. The van der Waals surface area contributed by atoms with Crippen molar-refractivity contribution < 1.29 is 18.1 Å². The Bertz CT molecular complexity index is 745. The summed E-state index contributed by atoms with van der Waals surface area (Å²) in [7, 11) is 0. The van der Waals surface area contributed by atoms with Crippen LogP contribution in [0.1, 0.15) is 29.6 Å². The van der Waals surface area contributed by atoms with Crippen molar-refractivity contribution in [3.05, 3.63) is 35.7 Å². The van der Waals surface area contributed by atoms with Gasteiger partial charge in [-0.15, -0.1) is 0 Å². The third kappa shape index (κ3) is 4.13. The lowest BCUT2D eigenvalue weighted by molar-refractivity contribution is 0.0551. The van der Waals surface area contributed by atoms with Crippen LogP contribution in [-0.2, 0) is 5.38 Å². The molecule has 1 N–H and O–H groups in total. The molecule has 1 unspecified atom stereocenters. The van der Waals surface area contributed by atoms with Gasteiger partial charge in [0.1, 0.15) is 0 Å². The molecule has 2 aromatic rings. The number of nitrogens with zero attached hydrogens (tertiary/aromatic N) is 3. The van der Waals surface area contributed by atoms with E-state index in [-0.39, 0.29) is 17.8 Å². The molecule has 1 aromatic carbocycles. The Balaban J connectivity index is 1.66. The summed E-state index contributed by atoms with van der Waals surface area (Å²) in [6.07, 6.45) is 0.927. The maximum absolute atomic E-state index is 12.9. The van der Waals surface area contributed by atoms with Crippen molar-refractivity contribution in [2.24, 2.45) is 0 Å². The number of rotatable bonds is 5. The Morgan fingerprint density at radius 3 is 2.72 bits per heavy atom. The molecule has 134 valence electrons.